The summed E-state index contributed by atoms with van der Waals surface area (Å²) in [6, 6.07) is 6.48. The monoisotopic (exact) mass is 509 g/mol. The van der Waals surface area contributed by atoms with Gasteiger partial charge in [0, 0.05) is 35.2 Å². The molecule has 0 amide bonds. The summed E-state index contributed by atoms with van der Waals surface area (Å²) < 4.78 is 98.6. The lowest BCUT2D eigenvalue weighted by Crippen LogP contribution is -2.27. The van der Waals surface area contributed by atoms with Crippen molar-refractivity contribution in [2.24, 2.45) is 5.92 Å². The lowest BCUT2D eigenvalue weighted by Gasteiger charge is -2.32. The van der Waals surface area contributed by atoms with Crippen molar-refractivity contribution < 1.29 is 30.4 Å². The van der Waals surface area contributed by atoms with Gasteiger partial charge in [0.15, 0.2) is 0 Å². The topological polar surface area (TPSA) is 74.9 Å². The van der Waals surface area contributed by atoms with Crippen LogP contribution in [0.15, 0.2) is 36.5 Å². The molecule has 0 unspecified atom stereocenters. The van der Waals surface area contributed by atoms with E-state index in [9.17, 15) is 26.0 Å². The summed E-state index contributed by atoms with van der Waals surface area (Å²) in [6.45, 7) is -0.0974. The van der Waals surface area contributed by atoms with Crippen LogP contribution in [0.5, 0.6) is 0 Å². The van der Waals surface area contributed by atoms with Gasteiger partial charge in [0.1, 0.15) is 11.6 Å². The van der Waals surface area contributed by atoms with Crippen LogP contribution in [0.25, 0.3) is 22.0 Å². The van der Waals surface area contributed by atoms with Crippen molar-refractivity contribution in [3.05, 3.63) is 59.3 Å². The van der Waals surface area contributed by atoms with E-state index in [1.165, 1.54) is 6.07 Å². The molecule has 5 rings (SSSR count). The fourth-order valence-corrected chi connectivity index (χ4v) is 5.92. The molecule has 1 N–H and O–H groups in total. The Hall–Kier alpha value is -2.97. The number of fused-ring (bicyclic) bond motifs is 1. The second kappa shape index (κ2) is 8.31. The quantitative estimate of drug-likeness (QED) is 0.436. The van der Waals surface area contributed by atoms with E-state index in [1.54, 1.807) is 10.8 Å². The molecule has 0 saturated heterocycles. The number of rotatable bonds is 6. The lowest BCUT2D eigenvalue weighted by molar-refractivity contribution is -0.137. The maximum absolute atomic E-state index is 15.2. The van der Waals surface area contributed by atoms with Gasteiger partial charge in [-0.25, -0.2) is 21.9 Å². The van der Waals surface area contributed by atoms with Gasteiger partial charge in [0.2, 0.25) is 10.0 Å². The van der Waals surface area contributed by atoms with E-state index in [2.05, 4.69) is 10.8 Å². The highest BCUT2D eigenvalue weighted by atomic mass is 32.2. The molecule has 2 fully saturated rings. The van der Waals surface area contributed by atoms with Crippen molar-refractivity contribution in [1.29, 1.82) is 5.26 Å². The number of halogens is 5. The molecule has 2 saturated carbocycles. The Morgan fingerprint density at radius 3 is 2.43 bits per heavy atom. The number of nitrogens with zero attached hydrogens (tertiary/aromatic N) is 2. The van der Waals surface area contributed by atoms with Gasteiger partial charge in [-0.2, -0.15) is 18.4 Å². The summed E-state index contributed by atoms with van der Waals surface area (Å²) in [4.78, 5) is 0. The molecule has 11 heteroatoms. The van der Waals surface area contributed by atoms with Gasteiger partial charge in [-0.3, -0.25) is 0 Å². The van der Waals surface area contributed by atoms with Gasteiger partial charge in [-0.05, 0) is 61.1 Å². The Morgan fingerprint density at radius 1 is 1.09 bits per heavy atom. The molecule has 0 bridgehead atoms. The van der Waals surface area contributed by atoms with E-state index < -0.39 is 44.2 Å². The maximum atomic E-state index is 15.2. The number of aromatic nitrogens is 1. The van der Waals surface area contributed by atoms with Crippen LogP contribution in [0, 0.1) is 28.9 Å². The zero-order chi connectivity index (χ0) is 25.1. The molecule has 35 heavy (non-hydrogen) atoms. The van der Waals surface area contributed by atoms with E-state index in [1.807, 2.05) is 0 Å². The second-order valence-electron chi connectivity index (χ2n) is 9.12. The number of alkyl halides is 3. The van der Waals surface area contributed by atoms with Crippen LogP contribution in [0.1, 0.15) is 42.9 Å². The van der Waals surface area contributed by atoms with E-state index >= 15 is 4.39 Å². The molecule has 0 aliphatic heterocycles. The van der Waals surface area contributed by atoms with E-state index in [0.29, 0.717) is 48.2 Å². The van der Waals surface area contributed by atoms with E-state index in [-0.39, 0.29) is 24.1 Å². The highest BCUT2D eigenvalue weighted by Crippen LogP contribution is 2.43. The van der Waals surface area contributed by atoms with Crippen LogP contribution in [0.3, 0.4) is 0 Å². The minimum absolute atomic E-state index is 0.0974. The fraction of sp³-hybridized carbons (Fsp3) is 0.375. The summed E-state index contributed by atoms with van der Waals surface area (Å²) in [6.07, 6.45) is -1.05. The van der Waals surface area contributed by atoms with Crippen molar-refractivity contribution in [1.82, 2.24) is 9.29 Å². The Balaban J connectivity index is 1.62. The normalized spacial score (nSPS) is 20.6. The number of hydrogen-bond acceptors (Lipinski definition) is 3. The first-order valence-corrected chi connectivity index (χ1v) is 12.6. The first-order chi connectivity index (χ1) is 16.5. The molecule has 0 atom stereocenters. The molecule has 1 heterocycles. The van der Waals surface area contributed by atoms with Crippen molar-refractivity contribution >= 4 is 20.9 Å². The SMILES string of the molecule is N#CC1CC(n2cc(CNS(=O)(=O)C3CC3)c3cc(F)c(-c4ccc(F)cc4C(F)(F)F)cc32)C1. The highest BCUT2D eigenvalue weighted by molar-refractivity contribution is 7.90. The zero-order valence-electron chi connectivity index (χ0n) is 18.2. The molecule has 1 aromatic heterocycles. The predicted molar refractivity (Wildman–Crippen MR) is 118 cm³/mol. The van der Waals surface area contributed by atoms with Crippen molar-refractivity contribution in [2.75, 3.05) is 0 Å². The van der Waals surface area contributed by atoms with Crippen molar-refractivity contribution in [3.8, 4) is 17.2 Å². The third-order valence-electron chi connectivity index (χ3n) is 6.70. The summed E-state index contributed by atoms with van der Waals surface area (Å²) in [5.41, 5.74) is -1.23. The highest BCUT2D eigenvalue weighted by Gasteiger charge is 2.37. The van der Waals surface area contributed by atoms with Gasteiger partial charge < -0.3 is 4.57 Å². The van der Waals surface area contributed by atoms with Crippen LogP contribution in [-0.4, -0.2) is 18.2 Å². The molecule has 184 valence electrons. The Bertz CT molecular complexity index is 1460. The molecule has 2 aliphatic carbocycles. The molecular formula is C24H20F5N3O2S. The van der Waals surface area contributed by atoms with Crippen molar-refractivity contribution in [3.63, 3.8) is 0 Å². The predicted octanol–water partition coefficient (Wildman–Crippen LogP) is 5.66. The number of nitrogens with one attached hydrogen (secondary N) is 1. The Kier molecular flexibility index (Phi) is 5.64. The van der Waals surface area contributed by atoms with Crippen LogP contribution in [-0.2, 0) is 22.7 Å². The fourth-order valence-electron chi connectivity index (χ4n) is 4.57. The minimum Gasteiger partial charge on any atom is -0.344 e. The first-order valence-electron chi connectivity index (χ1n) is 11.1. The first kappa shape index (κ1) is 23.8. The minimum atomic E-state index is -4.90. The van der Waals surface area contributed by atoms with E-state index in [4.69, 9.17) is 5.26 Å². The molecule has 2 aromatic carbocycles. The smallest absolute Gasteiger partial charge is 0.344 e. The average Bonchev–Trinajstić information content (AvgIpc) is 3.56. The number of hydrogen-bond donors (Lipinski definition) is 1. The van der Waals surface area contributed by atoms with Crippen LogP contribution < -0.4 is 4.72 Å². The summed E-state index contributed by atoms with van der Waals surface area (Å²) in [7, 11) is -3.51. The van der Waals surface area contributed by atoms with Gasteiger partial charge in [0.25, 0.3) is 0 Å². The molecule has 0 radical (unpaired) electrons. The maximum Gasteiger partial charge on any atom is 0.417 e. The second-order valence-corrected chi connectivity index (χ2v) is 11.2. The van der Waals surface area contributed by atoms with Gasteiger partial charge in [-0.1, -0.05) is 6.07 Å². The number of sulfonamides is 1. The molecule has 0 spiro atoms. The van der Waals surface area contributed by atoms with Crippen molar-refractivity contribution in [2.45, 2.75) is 49.7 Å². The molecular weight excluding hydrogens is 489 g/mol. The number of nitriles is 1. The van der Waals surface area contributed by atoms with Crippen LogP contribution in [0.2, 0.25) is 0 Å². The largest absolute Gasteiger partial charge is 0.417 e. The standard InChI is InChI=1S/C24H20F5N3O2S/c25-15-1-4-18(21(7-15)24(27,28)29)20-9-23-19(8-22(20)26)14(11-31-35(33,34)17-2-3-17)12-32(23)16-5-13(6-16)10-30/h1,4,7-9,12-13,16-17,31H,2-3,5-6,11H2. The summed E-state index contributed by atoms with van der Waals surface area (Å²) in [5.74, 6) is -2.20. The van der Waals surface area contributed by atoms with E-state index in [0.717, 1.165) is 18.2 Å². The third-order valence-corrected chi connectivity index (χ3v) is 8.59. The van der Waals surface area contributed by atoms with Gasteiger partial charge in [0.05, 0.1) is 22.8 Å². The lowest BCUT2D eigenvalue weighted by atomic mass is 9.81. The molecule has 3 aromatic rings. The number of benzene rings is 2. The summed E-state index contributed by atoms with van der Waals surface area (Å²) in [5, 5.41) is 9.06. The molecule has 5 nitrogen and oxygen atoms in total. The third kappa shape index (κ3) is 4.41. The zero-order valence-corrected chi connectivity index (χ0v) is 19.1. The summed E-state index contributed by atoms with van der Waals surface area (Å²) >= 11 is 0. The van der Waals surface area contributed by atoms with Crippen LogP contribution >= 0.6 is 0 Å². The Morgan fingerprint density at radius 2 is 1.80 bits per heavy atom. The average molecular weight is 510 g/mol. The van der Waals surface area contributed by atoms with Gasteiger partial charge in [-0.15, -0.1) is 0 Å². The van der Waals surface area contributed by atoms with Gasteiger partial charge >= 0.3 is 6.18 Å². The van der Waals surface area contributed by atoms with Crippen LogP contribution in [0.4, 0.5) is 22.0 Å². The molecule has 2 aliphatic rings. The Labute approximate surface area is 198 Å².